The van der Waals surface area contributed by atoms with Gasteiger partial charge < -0.3 is 0 Å². The molecule has 1 aromatic carbocycles. The van der Waals surface area contributed by atoms with Crippen LogP contribution in [0.1, 0.15) is 11.1 Å². The largest absolute Gasteiger partial charge is 0.103 e. The Balaban J connectivity index is 2.90. The molecular weight excluding hydrogens is 144 g/mol. The lowest BCUT2D eigenvalue weighted by atomic mass is 10.0. The van der Waals surface area contributed by atoms with Crippen molar-refractivity contribution >= 4 is 0 Å². The fourth-order valence-electron chi connectivity index (χ4n) is 1.20. The van der Waals surface area contributed by atoms with Crippen molar-refractivity contribution in [3.05, 3.63) is 60.7 Å². The maximum absolute atomic E-state index is 3.72. The summed E-state index contributed by atoms with van der Waals surface area (Å²) in [7, 11) is 0. The SMILES string of the molecule is C=CCc1c[c]ccc1CC=C. The van der Waals surface area contributed by atoms with E-state index in [9.17, 15) is 0 Å². The minimum atomic E-state index is 0.917. The quantitative estimate of drug-likeness (QED) is 0.589. The van der Waals surface area contributed by atoms with Crippen LogP contribution in [0.25, 0.3) is 0 Å². The number of rotatable bonds is 4. The van der Waals surface area contributed by atoms with E-state index in [2.05, 4.69) is 25.3 Å². The normalized spacial score (nSPS) is 9.33. The minimum absolute atomic E-state index is 0.917. The van der Waals surface area contributed by atoms with Crippen molar-refractivity contribution in [2.24, 2.45) is 0 Å². The van der Waals surface area contributed by atoms with E-state index in [0.717, 1.165) is 12.8 Å². The molecule has 0 aromatic heterocycles. The molecule has 0 saturated carbocycles. The van der Waals surface area contributed by atoms with Gasteiger partial charge in [0.05, 0.1) is 0 Å². The van der Waals surface area contributed by atoms with Gasteiger partial charge in [0, 0.05) is 0 Å². The highest BCUT2D eigenvalue weighted by atomic mass is 14.0. The number of hydrogen-bond acceptors (Lipinski definition) is 0. The monoisotopic (exact) mass is 157 g/mol. The smallest absolute Gasteiger partial charge is 0.00971 e. The van der Waals surface area contributed by atoms with Gasteiger partial charge in [0.15, 0.2) is 0 Å². The molecule has 0 aliphatic heterocycles. The lowest BCUT2D eigenvalue weighted by Gasteiger charge is -2.03. The van der Waals surface area contributed by atoms with E-state index in [4.69, 9.17) is 0 Å². The lowest BCUT2D eigenvalue weighted by Crippen LogP contribution is -1.90. The molecule has 0 bridgehead atoms. The highest BCUT2D eigenvalue weighted by Gasteiger charge is 1.96. The maximum atomic E-state index is 3.72. The van der Waals surface area contributed by atoms with Gasteiger partial charge >= 0.3 is 0 Å². The van der Waals surface area contributed by atoms with Gasteiger partial charge in [-0.15, -0.1) is 13.2 Å². The van der Waals surface area contributed by atoms with E-state index in [1.807, 2.05) is 24.3 Å². The van der Waals surface area contributed by atoms with Gasteiger partial charge in [0.2, 0.25) is 0 Å². The molecule has 0 aliphatic carbocycles. The first-order valence-electron chi connectivity index (χ1n) is 4.08. The molecule has 1 rings (SSSR count). The van der Waals surface area contributed by atoms with Gasteiger partial charge in [0.25, 0.3) is 0 Å². The van der Waals surface area contributed by atoms with Crippen LogP contribution < -0.4 is 0 Å². The summed E-state index contributed by atoms with van der Waals surface area (Å²) in [5.74, 6) is 0. The van der Waals surface area contributed by atoms with E-state index in [1.165, 1.54) is 11.1 Å². The molecule has 1 aromatic rings. The first-order valence-corrected chi connectivity index (χ1v) is 4.08. The third-order valence-electron chi connectivity index (χ3n) is 1.78. The van der Waals surface area contributed by atoms with Crippen LogP contribution in [0.15, 0.2) is 43.5 Å². The number of hydrogen-bond donors (Lipinski definition) is 0. The van der Waals surface area contributed by atoms with E-state index < -0.39 is 0 Å². The highest BCUT2D eigenvalue weighted by molar-refractivity contribution is 5.29. The summed E-state index contributed by atoms with van der Waals surface area (Å²) in [4.78, 5) is 0. The molecule has 0 heterocycles. The molecule has 0 nitrogen and oxygen atoms in total. The number of allylic oxidation sites excluding steroid dienone is 2. The van der Waals surface area contributed by atoms with Crippen molar-refractivity contribution in [2.45, 2.75) is 12.8 Å². The average molecular weight is 157 g/mol. The van der Waals surface area contributed by atoms with Crippen LogP contribution in [-0.4, -0.2) is 0 Å². The Morgan fingerprint density at radius 3 is 2.50 bits per heavy atom. The molecule has 61 valence electrons. The van der Waals surface area contributed by atoms with Crippen molar-refractivity contribution in [2.75, 3.05) is 0 Å². The van der Waals surface area contributed by atoms with Gasteiger partial charge in [-0.05, 0) is 30.0 Å². The van der Waals surface area contributed by atoms with Crippen LogP contribution in [0.2, 0.25) is 0 Å². The first-order chi connectivity index (χ1) is 5.88. The molecule has 1 radical (unpaired) electrons. The Morgan fingerprint density at radius 1 is 1.17 bits per heavy atom. The Bertz CT molecular complexity index is 242. The zero-order valence-corrected chi connectivity index (χ0v) is 7.22. The Labute approximate surface area is 74.2 Å². The van der Waals surface area contributed by atoms with E-state index >= 15 is 0 Å². The molecule has 12 heavy (non-hydrogen) atoms. The standard InChI is InChI=1S/C12H13/c1-3-7-11-9-5-6-10-12(11)8-4-2/h3-5,9-10H,1-2,7-8H2. The Morgan fingerprint density at radius 2 is 1.83 bits per heavy atom. The van der Waals surface area contributed by atoms with Crippen molar-refractivity contribution in [3.63, 3.8) is 0 Å². The lowest BCUT2D eigenvalue weighted by molar-refractivity contribution is 1.15. The summed E-state index contributed by atoms with van der Waals surface area (Å²) in [5.41, 5.74) is 2.62. The van der Waals surface area contributed by atoms with Crippen molar-refractivity contribution < 1.29 is 0 Å². The topological polar surface area (TPSA) is 0 Å². The fourth-order valence-corrected chi connectivity index (χ4v) is 1.20. The second-order valence-electron chi connectivity index (χ2n) is 2.68. The van der Waals surface area contributed by atoms with E-state index in [0.29, 0.717) is 0 Å². The van der Waals surface area contributed by atoms with Gasteiger partial charge in [-0.1, -0.05) is 30.4 Å². The summed E-state index contributed by atoms with van der Waals surface area (Å²) < 4.78 is 0. The third kappa shape index (κ3) is 2.09. The van der Waals surface area contributed by atoms with Crippen molar-refractivity contribution in [1.29, 1.82) is 0 Å². The zero-order chi connectivity index (χ0) is 8.81. The predicted octanol–water partition coefficient (Wildman–Crippen LogP) is 2.94. The fraction of sp³-hybridized carbons (Fsp3) is 0.167. The minimum Gasteiger partial charge on any atom is -0.103 e. The molecule has 0 heteroatoms. The molecule has 0 saturated heterocycles. The molecular formula is C12H13. The summed E-state index contributed by atoms with van der Waals surface area (Å²) in [6, 6.07) is 9.10. The van der Waals surface area contributed by atoms with Crippen molar-refractivity contribution in [3.8, 4) is 0 Å². The predicted molar refractivity (Wildman–Crippen MR) is 53.1 cm³/mol. The molecule has 0 spiro atoms. The van der Waals surface area contributed by atoms with Gasteiger partial charge in [-0.25, -0.2) is 0 Å². The summed E-state index contributed by atoms with van der Waals surface area (Å²) in [5, 5.41) is 0. The number of benzene rings is 1. The van der Waals surface area contributed by atoms with Crippen molar-refractivity contribution in [1.82, 2.24) is 0 Å². The maximum Gasteiger partial charge on any atom is -0.00971 e. The van der Waals surface area contributed by atoms with Crippen LogP contribution in [0.5, 0.6) is 0 Å². The third-order valence-corrected chi connectivity index (χ3v) is 1.78. The summed E-state index contributed by atoms with van der Waals surface area (Å²) in [6.45, 7) is 7.44. The van der Waals surface area contributed by atoms with Gasteiger partial charge in [0.1, 0.15) is 0 Å². The van der Waals surface area contributed by atoms with E-state index in [-0.39, 0.29) is 0 Å². The molecule has 0 N–H and O–H groups in total. The summed E-state index contributed by atoms with van der Waals surface area (Å²) in [6.07, 6.45) is 5.68. The summed E-state index contributed by atoms with van der Waals surface area (Å²) >= 11 is 0. The molecule has 0 aliphatic rings. The van der Waals surface area contributed by atoms with Crippen LogP contribution in [-0.2, 0) is 12.8 Å². The van der Waals surface area contributed by atoms with Crippen LogP contribution in [0, 0.1) is 6.07 Å². The van der Waals surface area contributed by atoms with Gasteiger partial charge in [-0.3, -0.25) is 0 Å². The van der Waals surface area contributed by atoms with Gasteiger partial charge in [-0.2, -0.15) is 0 Å². The molecule has 0 amide bonds. The Kier molecular flexibility index (Phi) is 3.34. The molecule has 0 atom stereocenters. The second-order valence-corrected chi connectivity index (χ2v) is 2.68. The van der Waals surface area contributed by atoms with Crippen LogP contribution in [0.4, 0.5) is 0 Å². The molecule has 0 fully saturated rings. The Hall–Kier alpha value is -1.30. The second kappa shape index (κ2) is 4.55. The first kappa shape index (κ1) is 8.79. The molecule has 0 unspecified atom stereocenters. The highest BCUT2D eigenvalue weighted by Crippen LogP contribution is 2.10. The van der Waals surface area contributed by atoms with E-state index in [1.54, 1.807) is 0 Å². The van der Waals surface area contributed by atoms with Crippen LogP contribution in [0.3, 0.4) is 0 Å². The zero-order valence-electron chi connectivity index (χ0n) is 7.22. The van der Waals surface area contributed by atoms with Crippen LogP contribution >= 0.6 is 0 Å². The average Bonchev–Trinajstić information content (AvgIpc) is 2.09.